The fourth-order valence-electron chi connectivity index (χ4n) is 0.457. The van der Waals surface area contributed by atoms with Gasteiger partial charge in [-0.1, -0.05) is 49.0 Å². The van der Waals surface area contributed by atoms with Crippen LogP contribution in [0.5, 0.6) is 0 Å². The Balaban J connectivity index is 4.06. The van der Waals surface area contributed by atoms with E-state index in [0.29, 0.717) is 5.47 Å². The zero-order valence-electron chi connectivity index (χ0n) is 5.83. The van der Waals surface area contributed by atoms with E-state index in [1.54, 1.807) is 30.4 Å². The SMILES string of the molecule is C=C/C=C\C([B]O)=C/C=C. The summed E-state index contributed by atoms with van der Waals surface area (Å²) in [5.41, 5.74) is 0.704. The minimum atomic E-state index is 0.704. The second-order valence-corrected chi connectivity index (χ2v) is 1.63. The Hall–Kier alpha value is -1.02. The molecule has 10 heavy (non-hydrogen) atoms. The highest BCUT2D eigenvalue weighted by Gasteiger charge is 1.87. The van der Waals surface area contributed by atoms with Gasteiger partial charge in [0.05, 0.1) is 0 Å². The van der Waals surface area contributed by atoms with Crippen LogP contribution in [0.4, 0.5) is 0 Å². The third kappa shape index (κ3) is 3.92. The molecule has 0 rings (SSSR count). The summed E-state index contributed by atoms with van der Waals surface area (Å²) in [5, 5.41) is 8.56. The topological polar surface area (TPSA) is 20.2 Å². The van der Waals surface area contributed by atoms with Crippen molar-refractivity contribution in [3.63, 3.8) is 0 Å². The average Bonchev–Trinajstić information content (AvgIpc) is 1.98. The highest BCUT2D eigenvalue weighted by atomic mass is 16.2. The quantitative estimate of drug-likeness (QED) is 0.454. The fourth-order valence-corrected chi connectivity index (χ4v) is 0.457. The summed E-state index contributed by atoms with van der Waals surface area (Å²) in [6, 6.07) is 0. The Morgan fingerprint density at radius 2 is 2.00 bits per heavy atom. The minimum Gasteiger partial charge on any atom is -0.450 e. The molecule has 1 radical (unpaired) electrons. The van der Waals surface area contributed by atoms with Crippen LogP contribution in [0, 0.1) is 0 Å². The van der Waals surface area contributed by atoms with Gasteiger partial charge in [0.25, 0.3) is 0 Å². The predicted octanol–water partition coefficient (Wildman–Crippen LogP) is 1.41. The lowest BCUT2D eigenvalue weighted by molar-refractivity contribution is 0.612. The van der Waals surface area contributed by atoms with Gasteiger partial charge in [-0.2, -0.15) is 0 Å². The highest BCUT2D eigenvalue weighted by molar-refractivity contribution is 6.37. The van der Waals surface area contributed by atoms with Crippen molar-refractivity contribution in [2.24, 2.45) is 0 Å². The van der Waals surface area contributed by atoms with Gasteiger partial charge in [-0.15, -0.1) is 0 Å². The van der Waals surface area contributed by atoms with Gasteiger partial charge in [-0.3, -0.25) is 0 Å². The van der Waals surface area contributed by atoms with E-state index in [-0.39, 0.29) is 0 Å². The van der Waals surface area contributed by atoms with Crippen molar-refractivity contribution in [3.8, 4) is 0 Å². The molecule has 0 amide bonds. The summed E-state index contributed by atoms with van der Waals surface area (Å²) in [7, 11) is 1.02. The average molecular weight is 133 g/mol. The summed E-state index contributed by atoms with van der Waals surface area (Å²) in [4.78, 5) is 0. The van der Waals surface area contributed by atoms with E-state index in [4.69, 9.17) is 5.02 Å². The zero-order chi connectivity index (χ0) is 7.82. The molecule has 0 heterocycles. The summed E-state index contributed by atoms with van der Waals surface area (Å²) in [6.45, 7) is 6.98. The number of hydrogen-bond donors (Lipinski definition) is 1. The largest absolute Gasteiger partial charge is 0.450 e. The van der Waals surface area contributed by atoms with Crippen molar-refractivity contribution < 1.29 is 5.02 Å². The van der Waals surface area contributed by atoms with Crippen LogP contribution in [0.3, 0.4) is 0 Å². The summed E-state index contributed by atoms with van der Waals surface area (Å²) >= 11 is 0. The molecule has 0 aromatic heterocycles. The molecule has 0 unspecified atom stereocenters. The molecular weight excluding hydrogens is 123 g/mol. The normalized spacial score (nSPS) is 11.5. The maximum Gasteiger partial charge on any atom is 0.326 e. The Morgan fingerprint density at radius 1 is 1.30 bits per heavy atom. The van der Waals surface area contributed by atoms with Gasteiger partial charge >= 0.3 is 7.48 Å². The molecule has 0 aliphatic heterocycles. The molecule has 0 atom stereocenters. The van der Waals surface area contributed by atoms with Gasteiger partial charge in [0.15, 0.2) is 0 Å². The van der Waals surface area contributed by atoms with E-state index >= 15 is 0 Å². The molecule has 0 fully saturated rings. The molecule has 0 aromatic rings. The molecule has 1 N–H and O–H groups in total. The smallest absolute Gasteiger partial charge is 0.326 e. The van der Waals surface area contributed by atoms with E-state index in [9.17, 15) is 0 Å². The first-order chi connectivity index (χ1) is 4.85. The van der Waals surface area contributed by atoms with Crippen LogP contribution in [-0.4, -0.2) is 12.5 Å². The summed E-state index contributed by atoms with van der Waals surface area (Å²) in [5.74, 6) is 0. The van der Waals surface area contributed by atoms with E-state index in [1.165, 1.54) is 0 Å². The Kier molecular flexibility index (Phi) is 5.49. The molecule has 51 valence electrons. The molecule has 0 spiro atoms. The second-order valence-electron chi connectivity index (χ2n) is 1.63. The van der Waals surface area contributed by atoms with Gasteiger partial charge in [0.2, 0.25) is 0 Å². The minimum absolute atomic E-state index is 0.704. The third-order valence-corrected chi connectivity index (χ3v) is 0.884. The summed E-state index contributed by atoms with van der Waals surface area (Å²) in [6.07, 6.45) is 8.41. The first-order valence-corrected chi connectivity index (χ1v) is 2.94. The molecule has 0 bridgehead atoms. The van der Waals surface area contributed by atoms with Crippen LogP contribution in [0.1, 0.15) is 0 Å². The van der Waals surface area contributed by atoms with Crippen molar-refractivity contribution >= 4 is 7.48 Å². The monoisotopic (exact) mass is 133 g/mol. The van der Waals surface area contributed by atoms with Gasteiger partial charge < -0.3 is 5.02 Å². The maximum absolute atomic E-state index is 8.56. The zero-order valence-corrected chi connectivity index (χ0v) is 5.83. The van der Waals surface area contributed by atoms with Crippen LogP contribution in [-0.2, 0) is 0 Å². The van der Waals surface area contributed by atoms with Gasteiger partial charge in [0.1, 0.15) is 0 Å². The maximum atomic E-state index is 8.56. The summed E-state index contributed by atoms with van der Waals surface area (Å²) < 4.78 is 0. The van der Waals surface area contributed by atoms with Crippen molar-refractivity contribution in [2.75, 3.05) is 0 Å². The standard InChI is InChI=1S/C8H10BO/c1-3-5-7-8(9-10)6-4-2/h3-7,10H,1-2H2/b7-5-,8-6+. The van der Waals surface area contributed by atoms with E-state index < -0.39 is 0 Å². The molecule has 0 aliphatic rings. The highest BCUT2D eigenvalue weighted by Crippen LogP contribution is 1.92. The molecule has 0 aromatic carbocycles. The Morgan fingerprint density at radius 3 is 2.40 bits per heavy atom. The predicted molar refractivity (Wildman–Crippen MR) is 45.6 cm³/mol. The number of rotatable bonds is 4. The number of hydrogen-bond acceptors (Lipinski definition) is 1. The van der Waals surface area contributed by atoms with E-state index in [1.807, 2.05) is 0 Å². The van der Waals surface area contributed by atoms with E-state index in [2.05, 4.69) is 13.2 Å². The first-order valence-electron chi connectivity index (χ1n) is 2.94. The van der Waals surface area contributed by atoms with Gasteiger partial charge in [0, 0.05) is 0 Å². The van der Waals surface area contributed by atoms with Crippen molar-refractivity contribution in [1.82, 2.24) is 0 Å². The van der Waals surface area contributed by atoms with Crippen molar-refractivity contribution in [1.29, 1.82) is 0 Å². The van der Waals surface area contributed by atoms with Gasteiger partial charge in [-0.05, 0) is 0 Å². The molecule has 0 aliphatic carbocycles. The molecule has 2 heteroatoms. The van der Waals surface area contributed by atoms with Gasteiger partial charge in [-0.25, -0.2) is 0 Å². The molecular formula is C8H10BO. The molecule has 0 saturated carbocycles. The van der Waals surface area contributed by atoms with Crippen LogP contribution in [0.25, 0.3) is 0 Å². The lowest BCUT2D eigenvalue weighted by Gasteiger charge is -1.88. The third-order valence-electron chi connectivity index (χ3n) is 0.884. The molecule has 1 nitrogen and oxygen atoms in total. The first kappa shape index (κ1) is 8.98. The second kappa shape index (κ2) is 6.11. The Labute approximate surface area is 62.4 Å². The fraction of sp³-hybridized carbons (Fsp3) is 0. The lowest BCUT2D eigenvalue weighted by Crippen LogP contribution is -1.89. The van der Waals surface area contributed by atoms with Crippen molar-refractivity contribution in [3.05, 3.63) is 49.0 Å². The molecule has 0 saturated heterocycles. The number of allylic oxidation sites excluding steroid dienone is 6. The van der Waals surface area contributed by atoms with Crippen LogP contribution >= 0.6 is 0 Å². The van der Waals surface area contributed by atoms with Crippen LogP contribution in [0.15, 0.2) is 49.0 Å². The van der Waals surface area contributed by atoms with Crippen LogP contribution < -0.4 is 0 Å². The Bertz CT molecular complexity index is 168. The van der Waals surface area contributed by atoms with Crippen LogP contribution in [0.2, 0.25) is 0 Å². The lowest BCUT2D eigenvalue weighted by atomic mass is 9.87. The van der Waals surface area contributed by atoms with Crippen molar-refractivity contribution in [2.45, 2.75) is 0 Å². The van der Waals surface area contributed by atoms with E-state index in [0.717, 1.165) is 7.48 Å².